The molecular formula is C12H5F5O2. The van der Waals surface area contributed by atoms with Gasteiger partial charge in [0.1, 0.15) is 0 Å². The molecule has 0 aromatic heterocycles. The summed E-state index contributed by atoms with van der Waals surface area (Å²) in [5.41, 5.74) is -2.00. The van der Waals surface area contributed by atoms with Crippen molar-refractivity contribution >= 4 is 0 Å². The topological polar surface area (TPSA) is 40.5 Å². The molecule has 0 aliphatic carbocycles. The largest absolute Gasteiger partial charge is 0.504 e. The molecule has 0 spiro atoms. The average Bonchev–Trinajstić information content (AvgIpc) is 2.39. The first kappa shape index (κ1) is 13.1. The van der Waals surface area contributed by atoms with E-state index >= 15 is 0 Å². The number of aromatic hydroxyl groups is 2. The van der Waals surface area contributed by atoms with Crippen molar-refractivity contribution in [1.29, 1.82) is 0 Å². The molecule has 19 heavy (non-hydrogen) atoms. The van der Waals surface area contributed by atoms with Crippen molar-refractivity contribution in [3.63, 3.8) is 0 Å². The van der Waals surface area contributed by atoms with E-state index in [1.165, 1.54) is 0 Å². The van der Waals surface area contributed by atoms with Crippen LogP contribution >= 0.6 is 0 Å². The Hall–Kier alpha value is -2.31. The van der Waals surface area contributed by atoms with Crippen molar-refractivity contribution in [3.05, 3.63) is 47.3 Å². The molecule has 0 saturated carbocycles. The molecule has 0 heterocycles. The zero-order chi connectivity index (χ0) is 14.3. The molecule has 2 nitrogen and oxygen atoms in total. The van der Waals surface area contributed by atoms with Crippen molar-refractivity contribution in [2.75, 3.05) is 0 Å². The molecule has 7 heteroatoms. The minimum atomic E-state index is -2.29. The fourth-order valence-electron chi connectivity index (χ4n) is 1.57. The van der Waals surface area contributed by atoms with Gasteiger partial charge in [-0.2, -0.15) is 0 Å². The van der Waals surface area contributed by atoms with Crippen LogP contribution in [0.1, 0.15) is 0 Å². The van der Waals surface area contributed by atoms with Crippen LogP contribution in [-0.2, 0) is 0 Å². The van der Waals surface area contributed by atoms with Gasteiger partial charge in [-0.05, 0) is 6.07 Å². The van der Waals surface area contributed by atoms with E-state index in [9.17, 15) is 32.2 Å². The van der Waals surface area contributed by atoms with Gasteiger partial charge in [0.15, 0.2) is 34.8 Å². The van der Waals surface area contributed by atoms with Crippen LogP contribution in [0.2, 0.25) is 0 Å². The minimum absolute atomic E-state index is 0.701. The SMILES string of the molecule is Oc1cccc(-c2c(F)c(F)c(F)c(F)c2F)c1O. The molecule has 0 unspecified atom stereocenters. The van der Waals surface area contributed by atoms with Crippen molar-refractivity contribution in [2.24, 2.45) is 0 Å². The standard InChI is InChI=1S/C12H5F5O2/c13-7-6(4-2-1-3-5(18)12(4)19)8(14)10(16)11(17)9(7)15/h1-3,18-19H. The van der Waals surface area contributed by atoms with Crippen LogP contribution < -0.4 is 0 Å². The first-order chi connectivity index (χ1) is 8.86. The second-order valence-electron chi connectivity index (χ2n) is 3.62. The molecule has 2 aromatic rings. The molecule has 0 aliphatic heterocycles. The van der Waals surface area contributed by atoms with Crippen molar-refractivity contribution in [1.82, 2.24) is 0 Å². The Kier molecular flexibility index (Phi) is 3.05. The molecule has 0 amide bonds. The highest BCUT2D eigenvalue weighted by molar-refractivity contribution is 5.74. The first-order valence-electron chi connectivity index (χ1n) is 4.89. The predicted molar refractivity (Wildman–Crippen MR) is 55.0 cm³/mol. The highest BCUT2D eigenvalue weighted by Gasteiger charge is 2.28. The average molecular weight is 276 g/mol. The Morgan fingerprint density at radius 2 is 1.16 bits per heavy atom. The van der Waals surface area contributed by atoms with E-state index in [0.29, 0.717) is 0 Å². The van der Waals surface area contributed by atoms with Crippen LogP contribution in [0.15, 0.2) is 18.2 Å². The number of benzene rings is 2. The lowest BCUT2D eigenvalue weighted by atomic mass is 10.0. The number of hydrogen-bond acceptors (Lipinski definition) is 2. The maximum absolute atomic E-state index is 13.5. The van der Waals surface area contributed by atoms with Crippen LogP contribution in [0.5, 0.6) is 11.5 Å². The Balaban J connectivity index is 2.87. The number of halogens is 5. The fourth-order valence-corrected chi connectivity index (χ4v) is 1.57. The van der Waals surface area contributed by atoms with Gasteiger partial charge < -0.3 is 10.2 Å². The van der Waals surface area contributed by atoms with Gasteiger partial charge in [-0.1, -0.05) is 12.1 Å². The Bertz CT molecular complexity index is 641. The summed E-state index contributed by atoms with van der Waals surface area (Å²) >= 11 is 0. The lowest BCUT2D eigenvalue weighted by Gasteiger charge is -2.10. The lowest BCUT2D eigenvalue weighted by molar-refractivity contribution is 0.379. The Morgan fingerprint density at radius 1 is 0.684 bits per heavy atom. The smallest absolute Gasteiger partial charge is 0.200 e. The highest BCUT2D eigenvalue weighted by atomic mass is 19.2. The molecular weight excluding hydrogens is 271 g/mol. The van der Waals surface area contributed by atoms with Crippen LogP contribution in [-0.4, -0.2) is 10.2 Å². The third kappa shape index (κ3) is 1.87. The van der Waals surface area contributed by atoms with E-state index in [4.69, 9.17) is 0 Å². The molecule has 0 atom stereocenters. The van der Waals surface area contributed by atoms with Gasteiger partial charge in [-0.3, -0.25) is 0 Å². The molecule has 0 saturated heterocycles. The molecule has 0 aliphatic rings. The van der Waals surface area contributed by atoms with Crippen LogP contribution in [0.25, 0.3) is 11.1 Å². The number of phenols is 2. The van der Waals surface area contributed by atoms with E-state index in [2.05, 4.69) is 0 Å². The normalized spacial score (nSPS) is 10.8. The maximum atomic E-state index is 13.5. The Labute approximate surface area is 103 Å². The summed E-state index contributed by atoms with van der Waals surface area (Å²) in [4.78, 5) is 0. The van der Waals surface area contributed by atoms with Gasteiger partial charge in [0.25, 0.3) is 0 Å². The van der Waals surface area contributed by atoms with Crippen molar-refractivity contribution in [3.8, 4) is 22.6 Å². The molecule has 2 N–H and O–H groups in total. The van der Waals surface area contributed by atoms with Crippen LogP contribution in [0.4, 0.5) is 22.0 Å². The zero-order valence-electron chi connectivity index (χ0n) is 9.02. The number of hydrogen-bond donors (Lipinski definition) is 2. The van der Waals surface area contributed by atoms with Gasteiger partial charge >= 0.3 is 0 Å². The predicted octanol–water partition coefficient (Wildman–Crippen LogP) is 3.46. The van der Waals surface area contributed by atoms with Gasteiger partial charge in [0.2, 0.25) is 5.82 Å². The van der Waals surface area contributed by atoms with Crippen LogP contribution in [0, 0.1) is 29.1 Å². The van der Waals surface area contributed by atoms with Gasteiger partial charge in [-0.25, -0.2) is 22.0 Å². The highest BCUT2D eigenvalue weighted by Crippen LogP contribution is 2.40. The third-order valence-electron chi connectivity index (χ3n) is 2.49. The Morgan fingerprint density at radius 3 is 1.68 bits per heavy atom. The third-order valence-corrected chi connectivity index (χ3v) is 2.49. The minimum Gasteiger partial charge on any atom is -0.504 e. The summed E-state index contributed by atoms with van der Waals surface area (Å²) in [6.45, 7) is 0. The van der Waals surface area contributed by atoms with Crippen LogP contribution in [0.3, 0.4) is 0 Å². The molecule has 100 valence electrons. The second kappa shape index (κ2) is 4.42. The molecule has 0 bridgehead atoms. The van der Waals surface area contributed by atoms with E-state index < -0.39 is 51.7 Å². The van der Waals surface area contributed by atoms with E-state index in [-0.39, 0.29) is 0 Å². The first-order valence-corrected chi connectivity index (χ1v) is 4.89. The molecule has 2 rings (SSSR count). The van der Waals surface area contributed by atoms with Gasteiger partial charge in [0, 0.05) is 5.56 Å². The maximum Gasteiger partial charge on any atom is 0.200 e. The van der Waals surface area contributed by atoms with Crippen molar-refractivity contribution in [2.45, 2.75) is 0 Å². The van der Waals surface area contributed by atoms with Gasteiger partial charge in [0.05, 0.1) is 5.56 Å². The summed E-state index contributed by atoms with van der Waals surface area (Å²) < 4.78 is 65.9. The summed E-state index contributed by atoms with van der Waals surface area (Å²) in [7, 11) is 0. The molecule has 2 aromatic carbocycles. The summed E-state index contributed by atoms with van der Waals surface area (Å²) in [6, 6.07) is 2.99. The lowest BCUT2D eigenvalue weighted by Crippen LogP contribution is -2.04. The van der Waals surface area contributed by atoms with Crippen molar-refractivity contribution < 1.29 is 32.2 Å². The number of phenolic OH excluding ortho intramolecular Hbond substituents is 2. The number of para-hydroxylation sites is 1. The quantitative estimate of drug-likeness (QED) is 0.362. The number of rotatable bonds is 1. The molecule has 0 radical (unpaired) electrons. The fraction of sp³-hybridized carbons (Fsp3) is 0. The van der Waals surface area contributed by atoms with E-state index in [1.54, 1.807) is 0 Å². The zero-order valence-corrected chi connectivity index (χ0v) is 9.02. The monoisotopic (exact) mass is 276 g/mol. The summed E-state index contributed by atoms with van der Waals surface area (Å²) in [5, 5.41) is 18.6. The summed E-state index contributed by atoms with van der Waals surface area (Å²) in [5.74, 6) is -12.5. The summed E-state index contributed by atoms with van der Waals surface area (Å²) in [6.07, 6.45) is 0. The van der Waals surface area contributed by atoms with Gasteiger partial charge in [-0.15, -0.1) is 0 Å². The second-order valence-corrected chi connectivity index (χ2v) is 3.62. The van der Waals surface area contributed by atoms with E-state index in [1.807, 2.05) is 0 Å². The van der Waals surface area contributed by atoms with E-state index in [0.717, 1.165) is 18.2 Å². The molecule has 0 fully saturated rings.